The molecular weight excluding hydrogens is 230 g/mol. The van der Waals surface area contributed by atoms with Gasteiger partial charge in [-0.05, 0) is 26.1 Å². The van der Waals surface area contributed by atoms with Crippen molar-refractivity contribution < 1.29 is 9.59 Å². The minimum absolute atomic E-state index is 0.126. The Kier molecular flexibility index (Phi) is 4.85. The van der Waals surface area contributed by atoms with Crippen LogP contribution in [0.2, 0.25) is 0 Å². The van der Waals surface area contributed by atoms with Crippen LogP contribution in [0.15, 0.2) is 18.2 Å². The van der Waals surface area contributed by atoms with Crippen LogP contribution in [-0.2, 0) is 4.79 Å². The van der Waals surface area contributed by atoms with E-state index in [2.05, 4.69) is 10.6 Å². The molecule has 0 radical (unpaired) electrons. The van der Waals surface area contributed by atoms with Gasteiger partial charge >= 0.3 is 0 Å². The van der Waals surface area contributed by atoms with Crippen molar-refractivity contribution in [3.63, 3.8) is 0 Å². The van der Waals surface area contributed by atoms with Gasteiger partial charge in [0.1, 0.15) is 0 Å². The second-order valence-electron chi connectivity index (χ2n) is 4.33. The number of anilines is 1. The van der Waals surface area contributed by atoms with Crippen molar-refractivity contribution in [1.82, 2.24) is 10.2 Å². The van der Waals surface area contributed by atoms with Crippen LogP contribution >= 0.6 is 0 Å². The summed E-state index contributed by atoms with van der Waals surface area (Å²) in [6.07, 6.45) is 0. The zero-order chi connectivity index (χ0) is 13.7. The molecule has 0 unspecified atom stereocenters. The molecule has 18 heavy (non-hydrogen) atoms. The van der Waals surface area contributed by atoms with Crippen molar-refractivity contribution in [1.29, 1.82) is 0 Å². The Balaban J connectivity index is 3.04. The van der Waals surface area contributed by atoms with Gasteiger partial charge in [0.15, 0.2) is 0 Å². The first kappa shape index (κ1) is 14.2. The van der Waals surface area contributed by atoms with Crippen molar-refractivity contribution in [2.24, 2.45) is 0 Å². The Morgan fingerprint density at radius 1 is 1.28 bits per heavy atom. The lowest BCUT2D eigenvalue weighted by Crippen LogP contribution is -2.28. The lowest BCUT2D eigenvalue weighted by Gasteiger charge is -2.15. The maximum atomic E-state index is 12.0. The molecule has 0 aromatic heterocycles. The molecule has 1 aromatic carbocycles. The van der Waals surface area contributed by atoms with Crippen molar-refractivity contribution in [2.75, 3.05) is 33.0 Å². The molecule has 1 aromatic rings. The highest BCUT2D eigenvalue weighted by molar-refractivity contribution is 6.04. The van der Waals surface area contributed by atoms with Gasteiger partial charge in [0.2, 0.25) is 5.91 Å². The fourth-order valence-electron chi connectivity index (χ4n) is 1.54. The quantitative estimate of drug-likeness (QED) is 0.832. The Morgan fingerprint density at radius 3 is 2.50 bits per heavy atom. The number of nitrogens with zero attached hydrogens (tertiary/aromatic N) is 1. The van der Waals surface area contributed by atoms with Crippen LogP contribution in [-0.4, -0.2) is 44.4 Å². The Labute approximate surface area is 107 Å². The smallest absolute Gasteiger partial charge is 0.255 e. The van der Waals surface area contributed by atoms with E-state index in [9.17, 15) is 9.59 Å². The van der Waals surface area contributed by atoms with Crippen LogP contribution in [0.4, 0.5) is 5.69 Å². The van der Waals surface area contributed by atoms with Gasteiger partial charge in [0.05, 0.1) is 17.8 Å². The molecule has 0 fully saturated rings. The fourth-order valence-corrected chi connectivity index (χ4v) is 1.54. The SMILES string of the molecule is CNCC(=O)Nc1ccc(C)cc1C(=O)N(C)C. The Hall–Kier alpha value is -1.88. The predicted octanol–water partition coefficient (Wildman–Crippen LogP) is 0.855. The van der Waals surface area contributed by atoms with Gasteiger partial charge in [0, 0.05) is 14.1 Å². The molecule has 0 heterocycles. The summed E-state index contributed by atoms with van der Waals surface area (Å²) in [7, 11) is 5.06. The third kappa shape index (κ3) is 3.56. The number of hydrogen-bond acceptors (Lipinski definition) is 3. The van der Waals surface area contributed by atoms with Gasteiger partial charge in [-0.1, -0.05) is 11.6 Å². The Bertz CT molecular complexity index is 456. The van der Waals surface area contributed by atoms with Gasteiger partial charge in [-0.15, -0.1) is 0 Å². The van der Waals surface area contributed by atoms with Gasteiger partial charge in [-0.2, -0.15) is 0 Å². The highest BCUT2D eigenvalue weighted by Gasteiger charge is 2.15. The van der Waals surface area contributed by atoms with Crippen molar-refractivity contribution in [3.05, 3.63) is 29.3 Å². The summed E-state index contributed by atoms with van der Waals surface area (Å²) in [6.45, 7) is 2.12. The summed E-state index contributed by atoms with van der Waals surface area (Å²) in [5.41, 5.74) is 2.02. The molecule has 0 saturated heterocycles. The zero-order valence-corrected chi connectivity index (χ0v) is 11.2. The summed E-state index contributed by atoms with van der Waals surface area (Å²) >= 11 is 0. The predicted molar refractivity (Wildman–Crippen MR) is 71.8 cm³/mol. The average Bonchev–Trinajstić information content (AvgIpc) is 2.30. The van der Waals surface area contributed by atoms with Crippen molar-refractivity contribution in [2.45, 2.75) is 6.92 Å². The minimum Gasteiger partial charge on any atom is -0.345 e. The molecule has 2 amide bonds. The van der Waals surface area contributed by atoms with Gasteiger partial charge in [-0.25, -0.2) is 0 Å². The maximum absolute atomic E-state index is 12.0. The number of rotatable bonds is 4. The highest BCUT2D eigenvalue weighted by atomic mass is 16.2. The third-order valence-corrected chi connectivity index (χ3v) is 2.42. The van der Waals surface area contributed by atoms with Crippen LogP contribution < -0.4 is 10.6 Å². The van der Waals surface area contributed by atoms with Crippen LogP contribution in [0.5, 0.6) is 0 Å². The van der Waals surface area contributed by atoms with Crippen LogP contribution in [0.1, 0.15) is 15.9 Å². The molecule has 0 spiro atoms. The van der Waals surface area contributed by atoms with Crippen molar-refractivity contribution in [3.8, 4) is 0 Å². The standard InChI is InChI=1S/C13H19N3O2/c1-9-5-6-11(15-12(17)8-14-2)10(7-9)13(18)16(3)4/h5-7,14H,8H2,1-4H3,(H,15,17). The largest absolute Gasteiger partial charge is 0.345 e. The lowest BCUT2D eigenvalue weighted by molar-refractivity contribution is -0.115. The molecule has 0 bridgehead atoms. The van der Waals surface area contributed by atoms with E-state index in [4.69, 9.17) is 0 Å². The fraction of sp³-hybridized carbons (Fsp3) is 0.385. The lowest BCUT2D eigenvalue weighted by atomic mass is 10.1. The molecule has 2 N–H and O–H groups in total. The summed E-state index contributed by atoms with van der Waals surface area (Å²) in [6, 6.07) is 5.39. The second kappa shape index (κ2) is 6.16. The first-order chi connectivity index (χ1) is 8.45. The number of carbonyl (C=O) groups is 2. The summed E-state index contributed by atoms with van der Waals surface area (Å²) in [4.78, 5) is 25.0. The van der Waals surface area contributed by atoms with Gasteiger partial charge in [0.25, 0.3) is 5.91 Å². The molecule has 98 valence electrons. The van der Waals surface area contributed by atoms with E-state index in [1.54, 1.807) is 33.3 Å². The highest BCUT2D eigenvalue weighted by Crippen LogP contribution is 2.18. The summed E-state index contributed by atoms with van der Waals surface area (Å²) in [5, 5.41) is 5.49. The molecule has 0 aliphatic rings. The number of benzene rings is 1. The minimum atomic E-state index is -0.172. The third-order valence-electron chi connectivity index (χ3n) is 2.42. The number of amides is 2. The molecule has 5 nitrogen and oxygen atoms in total. The molecule has 5 heteroatoms. The van der Waals surface area contributed by atoms with E-state index in [0.29, 0.717) is 11.3 Å². The van der Waals surface area contributed by atoms with E-state index in [-0.39, 0.29) is 18.4 Å². The number of nitrogens with one attached hydrogen (secondary N) is 2. The number of likely N-dealkylation sites (N-methyl/N-ethyl adjacent to an activating group) is 1. The second-order valence-corrected chi connectivity index (χ2v) is 4.33. The maximum Gasteiger partial charge on any atom is 0.255 e. The number of hydrogen-bond donors (Lipinski definition) is 2. The number of carbonyl (C=O) groups excluding carboxylic acids is 2. The molecule has 0 saturated carbocycles. The van der Waals surface area contributed by atoms with E-state index in [1.165, 1.54) is 4.90 Å². The molecule has 0 aliphatic heterocycles. The topological polar surface area (TPSA) is 61.4 Å². The van der Waals surface area contributed by atoms with Gasteiger partial charge < -0.3 is 15.5 Å². The van der Waals surface area contributed by atoms with E-state index >= 15 is 0 Å². The zero-order valence-electron chi connectivity index (χ0n) is 11.2. The van der Waals surface area contributed by atoms with Crippen molar-refractivity contribution >= 4 is 17.5 Å². The van der Waals surface area contributed by atoms with Crippen LogP contribution in [0.3, 0.4) is 0 Å². The van der Waals surface area contributed by atoms with E-state index < -0.39 is 0 Å². The number of aryl methyl sites for hydroxylation is 1. The average molecular weight is 249 g/mol. The first-order valence-electron chi connectivity index (χ1n) is 5.72. The molecule has 0 atom stereocenters. The summed E-state index contributed by atoms with van der Waals surface area (Å²) in [5.74, 6) is -0.299. The monoisotopic (exact) mass is 249 g/mol. The first-order valence-corrected chi connectivity index (χ1v) is 5.72. The van der Waals surface area contributed by atoms with Crippen LogP contribution in [0, 0.1) is 6.92 Å². The van der Waals surface area contributed by atoms with E-state index in [1.807, 2.05) is 13.0 Å². The Morgan fingerprint density at radius 2 is 1.94 bits per heavy atom. The van der Waals surface area contributed by atoms with Gasteiger partial charge in [-0.3, -0.25) is 9.59 Å². The molecular formula is C13H19N3O2. The normalized spacial score (nSPS) is 10.0. The van der Waals surface area contributed by atoms with E-state index in [0.717, 1.165) is 5.56 Å². The van der Waals surface area contributed by atoms with Crippen LogP contribution in [0.25, 0.3) is 0 Å². The molecule has 0 aliphatic carbocycles. The summed E-state index contributed by atoms with van der Waals surface area (Å²) < 4.78 is 0. The molecule has 1 rings (SSSR count).